The van der Waals surface area contributed by atoms with Crippen molar-refractivity contribution in [2.24, 2.45) is 11.8 Å². The molecule has 1 aliphatic carbocycles. The molecule has 6 nitrogen and oxygen atoms in total. The Kier molecular flexibility index (Phi) is 16.0. The number of allylic oxidation sites excluding steroid dienone is 2. The Bertz CT molecular complexity index is 727. The van der Waals surface area contributed by atoms with Crippen molar-refractivity contribution < 1.29 is 28.9 Å². The van der Waals surface area contributed by atoms with Crippen LogP contribution in [0.3, 0.4) is 0 Å². The summed E-state index contributed by atoms with van der Waals surface area (Å²) in [7, 11) is -1.90. The maximum Gasteiger partial charge on any atom is 0.303 e. The largest absolute Gasteiger partial charge is 0.481 e. The highest BCUT2D eigenvalue weighted by molar-refractivity contribution is 6.74. The number of hydrogen-bond donors (Lipinski definition) is 2. The number of unbranched alkanes of at least 4 members (excludes halogenated alkanes) is 5. The molecule has 0 aromatic carbocycles. The van der Waals surface area contributed by atoms with Crippen molar-refractivity contribution in [1.29, 1.82) is 0 Å². The van der Waals surface area contributed by atoms with Gasteiger partial charge in [-0.25, -0.2) is 0 Å². The summed E-state index contributed by atoms with van der Waals surface area (Å²) in [5.41, 5.74) is 0. The van der Waals surface area contributed by atoms with E-state index >= 15 is 0 Å². The number of carboxylic acid groups (broad SMARTS) is 1. The third kappa shape index (κ3) is 12.6. The monoisotopic (exact) mass is 582 g/mol. The van der Waals surface area contributed by atoms with Gasteiger partial charge in [0.15, 0.2) is 14.6 Å². The Balaban J connectivity index is 2.10. The van der Waals surface area contributed by atoms with Gasteiger partial charge in [-0.05, 0) is 87.8 Å². The van der Waals surface area contributed by atoms with Crippen molar-refractivity contribution in [3.8, 4) is 0 Å². The first-order valence-electron chi connectivity index (χ1n) is 16.4. The van der Waals surface area contributed by atoms with Crippen LogP contribution in [0, 0.1) is 11.8 Å². The van der Waals surface area contributed by atoms with Crippen LogP contribution in [-0.4, -0.2) is 55.7 Å². The van der Waals surface area contributed by atoms with Crippen molar-refractivity contribution in [3.63, 3.8) is 0 Å². The van der Waals surface area contributed by atoms with Crippen LogP contribution >= 0.6 is 0 Å². The average Bonchev–Trinajstić information content (AvgIpc) is 3.17. The van der Waals surface area contributed by atoms with Gasteiger partial charge in [0.25, 0.3) is 0 Å². The molecule has 0 radical (unpaired) electrons. The molecule has 1 saturated heterocycles. The minimum Gasteiger partial charge on any atom is -0.481 e. The topological polar surface area (TPSA) is 85.2 Å². The Morgan fingerprint density at radius 2 is 1.80 bits per heavy atom. The normalized spacial score (nSPS) is 26.9. The molecular formula is C33H62O6Si. The molecule has 0 aromatic heterocycles. The van der Waals surface area contributed by atoms with E-state index in [4.69, 9.17) is 19.0 Å². The van der Waals surface area contributed by atoms with Gasteiger partial charge in [-0.3, -0.25) is 4.79 Å². The second kappa shape index (κ2) is 18.0. The third-order valence-electron chi connectivity index (χ3n) is 9.52. The zero-order valence-corrected chi connectivity index (χ0v) is 27.7. The van der Waals surface area contributed by atoms with E-state index in [1.54, 1.807) is 0 Å². The summed E-state index contributed by atoms with van der Waals surface area (Å²) < 4.78 is 19.5. The van der Waals surface area contributed by atoms with Gasteiger partial charge in [0.1, 0.15) is 0 Å². The SMILES string of the molecule is CCCCCCCC(CC[C@@H]1[C@@H](CC=CCCCC(=O)O)[C@@H](O)C[C@H]1OC1CCCCO1)O[Si](C)(C)C(C)(C)C. The number of aliphatic hydroxyl groups excluding tert-OH is 1. The van der Waals surface area contributed by atoms with E-state index < -0.39 is 20.4 Å². The lowest BCUT2D eigenvalue weighted by Gasteiger charge is -2.40. The van der Waals surface area contributed by atoms with Gasteiger partial charge in [-0.2, -0.15) is 0 Å². The third-order valence-corrected chi connectivity index (χ3v) is 14.1. The Morgan fingerprint density at radius 1 is 1.05 bits per heavy atom. The number of ether oxygens (including phenoxy) is 2. The maximum atomic E-state index is 11.2. The van der Waals surface area contributed by atoms with E-state index in [1.165, 1.54) is 32.1 Å². The molecule has 1 aliphatic heterocycles. The predicted molar refractivity (Wildman–Crippen MR) is 166 cm³/mol. The summed E-state index contributed by atoms with van der Waals surface area (Å²) in [5, 5.41) is 20.2. The second-order valence-electron chi connectivity index (χ2n) is 13.9. The van der Waals surface area contributed by atoms with Gasteiger partial charge in [0.05, 0.1) is 12.2 Å². The molecule has 6 atom stereocenters. The lowest BCUT2D eigenvalue weighted by molar-refractivity contribution is -0.196. The second-order valence-corrected chi connectivity index (χ2v) is 18.6. The Labute approximate surface area is 246 Å². The number of aliphatic carboxylic acids is 1. The molecule has 2 aliphatic rings. The molecule has 0 spiro atoms. The highest BCUT2D eigenvalue weighted by atomic mass is 28.4. The fourth-order valence-electron chi connectivity index (χ4n) is 6.00. The first-order chi connectivity index (χ1) is 18.9. The minimum absolute atomic E-state index is 0.00147. The molecule has 0 aromatic rings. The van der Waals surface area contributed by atoms with E-state index in [0.29, 0.717) is 12.8 Å². The zero-order valence-electron chi connectivity index (χ0n) is 26.7. The molecule has 7 heteroatoms. The van der Waals surface area contributed by atoms with Crippen molar-refractivity contribution in [3.05, 3.63) is 12.2 Å². The molecule has 1 saturated carbocycles. The molecule has 2 rings (SSSR count). The van der Waals surface area contributed by atoms with Gasteiger partial charge < -0.3 is 24.1 Å². The molecule has 2 N–H and O–H groups in total. The van der Waals surface area contributed by atoms with Crippen molar-refractivity contribution in [1.82, 2.24) is 0 Å². The van der Waals surface area contributed by atoms with E-state index in [0.717, 1.165) is 58.0 Å². The predicted octanol–water partition coefficient (Wildman–Crippen LogP) is 8.63. The standard InChI is InChI=1S/C33H62O6Si/c1-7-8-9-10-13-18-26(39-40(5,6)33(2,3)4)22-23-28-27(19-14-11-12-15-20-31(35)36)29(34)25-30(28)38-32-21-16-17-24-37-32/h11,14,26-30,32,34H,7-10,12-13,15-25H2,1-6H3,(H,35,36)/t26?,27-,28-,29+,30-,32?/m1/s1. The van der Waals surface area contributed by atoms with Crippen LogP contribution in [0.25, 0.3) is 0 Å². The van der Waals surface area contributed by atoms with E-state index in [1.807, 2.05) is 0 Å². The summed E-state index contributed by atoms with van der Waals surface area (Å²) in [6.45, 7) is 14.7. The number of carbonyl (C=O) groups is 1. The van der Waals surface area contributed by atoms with Crippen LogP contribution in [0.2, 0.25) is 18.1 Å². The molecule has 2 unspecified atom stereocenters. The Morgan fingerprint density at radius 3 is 2.45 bits per heavy atom. The highest BCUT2D eigenvalue weighted by Crippen LogP contribution is 2.43. The molecule has 1 heterocycles. The molecule has 0 bridgehead atoms. The molecule has 2 fully saturated rings. The van der Waals surface area contributed by atoms with Crippen molar-refractivity contribution >= 4 is 14.3 Å². The van der Waals surface area contributed by atoms with Gasteiger partial charge in [0.2, 0.25) is 0 Å². The van der Waals surface area contributed by atoms with Crippen LogP contribution in [0.1, 0.15) is 130 Å². The van der Waals surface area contributed by atoms with E-state index in [2.05, 4.69) is 52.9 Å². The lowest BCUT2D eigenvalue weighted by atomic mass is 9.85. The first-order valence-corrected chi connectivity index (χ1v) is 19.3. The lowest BCUT2D eigenvalue weighted by Crippen LogP contribution is -2.44. The quantitative estimate of drug-likeness (QED) is 0.0901. The van der Waals surface area contributed by atoms with E-state index in [9.17, 15) is 9.90 Å². The van der Waals surface area contributed by atoms with Gasteiger partial charge in [0, 0.05) is 25.6 Å². The number of aliphatic hydroxyl groups is 1. The van der Waals surface area contributed by atoms with Crippen LogP contribution in [0.4, 0.5) is 0 Å². The number of rotatable bonds is 19. The first kappa shape index (κ1) is 35.5. The van der Waals surface area contributed by atoms with Gasteiger partial charge >= 0.3 is 5.97 Å². The summed E-state index contributed by atoms with van der Waals surface area (Å²) in [4.78, 5) is 10.8. The van der Waals surface area contributed by atoms with Gasteiger partial charge in [-0.15, -0.1) is 0 Å². The average molecular weight is 583 g/mol. The van der Waals surface area contributed by atoms with E-state index in [-0.39, 0.29) is 41.8 Å². The fourth-order valence-corrected chi connectivity index (χ4v) is 7.42. The van der Waals surface area contributed by atoms with Crippen LogP contribution in [0.5, 0.6) is 0 Å². The van der Waals surface area contributed by atoms with Crippen molar-refractivity contribution in [2.75, 3.05) is 6.61 Å². The molecular weight excluding hydrogens is 520 g/mol. The van der Waals surface area contributed by atoms with Crippen LogP contribution in [0.15, 0.2) is 12.2 Å². The zero-order chi connectivity index (χ0) is 29.6. The van der Waals surface area contributed by atoms with Crippen LogP contribution < -0.4 is 0 Å². The molecule has 0 amide bonds. The summed E-state index contributed by atoms with van der Waals surface area (Å²) in [6, 6.07) is 0. The summed E-state index contributed by atoms with van der Waals surface area (Å²) in [6.07, 6.45) is 19.6. The Hall–Kier alpha value is -0.733. The molecule has 40 heavy (non-hydrogen) atoms. The highest BCUT2D eigenvalue weighted by Gasteiger charge is 2.44. The molecule has 234 valence electrons. The summed E-state index contributed by atoms with van der Waals surface area (Å²) >= 11 is 0. The number of carboxylic acids is 1. The minimum atomic E-state index is -1.90. The summed E-state index contributed by atoms with van der Waals surface area (Å²) in [5.74, 6) is -0.346. The maximum absolute atomic E-state index is 11.2. The van der Waals surface area contributed by atoms with Gasteiger partial charge in [-0.1, -0.05) is 72.0 Å². The fraction of sp³-hybridized carbons (Fsp3) is 0.909. The smallest absolute Gasteiger partial charge is 0.303 e. The number of hydrogen-bond acceptors (Lipinski definition) is 5. The van der Waals surface area contributed by atoms with Crippen molar-refractivity contribution in [2.45, 2.75) is 173 Å². The van der Waals surface area contributed by atoms with Crippen LogP contribution in [-0.2, 0) is 18.7 Å².